The lowest BCUT2D eigenvalue weighted by Gasteiger charge is -2.17. The number of anilines is 1. The van der Waals surface area contributed by atoms with Gasteiger partial charge in [-0.25, -0.2) is 0 Å². The molecule has 2 atom stereocenters. The van der Waals surface area contributed by atoms with E-state index in [9.17, 15) is 19.8 Å². The highest BCUT2D eigenvalue weighted by Gasteiger charge is 2.30. The van der Waals surface area contributed by atoms with Crippen molar-refractivity contribution < 1.29 is 19.8 Å². The molecule has 0 saturated heterocycles. The molecule has 0 unspecified atom stereocenters. The number of carbonyl (C=O) groups is 2. The highest BCUT2D eigenvalue weighted by Crippen LogP contribution is 2.12. The summed E-state index contributed by atoms with van der Waals surface area (Å²) in [5.41, 5.74) is 1.66. The molecule has 0 radical (unpaired) electrons. The van der Waals surface area contributed by atoms with Gasteiger partial charge in [0.1, 0.15) is 0 Å². The van der Waals surface area contributed by atoms with Crippen LogP contribution in [0.15, 0.2) is 24.3 Å². The van der Waals surface area contributed by atoms with Crippen LogP contribution >= 0.6 is 11.6 Å². The quantitative estimate of drug-likeness (QED) is 0.376. The van der Waals surface area contributed by atoms with Crippen molar-refractivity contribution >= 4 is 29.1 Å². The van der Waals surface area contributed by atoms with Crippen molar-refractivity contribution in [2.75, 3.05) is 17.7 Å². The van der Waals surface area contributed by atoms with Gasteiger partial charge in [-0.3, -0.25) is 9.59 Å². The zero-order valence-corrected chi connectivity index (χ0v) is 14.6. The average molecular weight is 357 g/mol. The van der Waals surface area contributed by atoms with Crippen LogP contribution in [0.5, 0.6) is 0 Å². The van der Waals surface area contributed by atoms with E-state index in [0.717, 1.165) is 24.8 Å². The molecule has 4 N–H and O–H groups in total. The molecule has 0 heterocycles. The van der Waals surface area contributed by atoms with Crippen LogP contribution in [0.3, 0.4) is 0 Å². The highest BCUT2D eigenvalue weighted by molar-refractivity contribution is 6.17. The number of benzene rings is 1. The number of carbonyl (C=O) groups excluding carboxylic acids is 2. The van der Waals surface area contributed by atoms with Gasteiger partial charge in [0.05, 0.1) is 0 Å². The summed E-state index contributed by atoms with van der Waals surface area (Å²) in [5.74, 6) is -1.28. The number of hydrogen-bond donors (Lipinski definition) is 4. The Balaban J connectivity index is 2.51. The Kier molecular flexibility index (Phi) is 9.37. The number of halogens is 1. The molecular formula is C17H25ClN2O4. The predicted octanol–water partition coefficient (Wildman–Crippen LogP) is 1.43. The molecule has 7 heteroatoms. The van der Waals surface area contributed by atoms with Gasteiger partial charge in [-0.15, -0.1) is 11.6 Å². The maximum Gasteiger partial charge on any atom is 0.256 e. The molecule has 0 fully saturated rings. The lowest BCUT2D eigenvalue weighted by molar-refractivity contribution is -0.143. The van der Waals surface area contributed by atoms with E-state index in [-0.39, 0.29) is 6.54 Å². The smallest absolute Gasteiger partial charge is 0.256 e. The number of aliphatic hydroxyl groups is 2. The topological polar surface area (TPSA) is 98.7 Å². The van der Waals surface area contributed by atoms with Crippen molar-refractivity contribution in [3.63, 3.8) is 0 Å². The molecule has 6 nitrogen and oxygen atoms in total. The van der Waals surface area contributed by atoms with E-state index >= 15 is 0 Å². The second-order valence-electron chi connectivity index (χ2n) is 5.51. The second-order valence-corrected chi connectivity index (χ2v) is 5.89. The number of amides is 2. The first-order chi connectivity index (χ1) is 11.5. The largest absolute Gasteiger partial charge is 0.380 e. The first-order valence-electron chi connectivity index (χ1n) is 8.09. The maximum atomic E-state index is 11.9. The lowest BCUT2D eigenvalue weighted by atomic mass is 10.1. The number of aliphatic hydroxyl groups excluding tert-OH is 2. The van der Waals surface area contributed by atoms with Crippen molar-refractivity contribution in [3.05, 3.63) is 29.8 Å². The van der Waals surface area contributed by atoms with E-state index in [0.29, 0.717) is 18.0 Å². The van der Waals surface area contributed by atoms with Crippen molar-refractivity contribution in [3.8, 4) is 0 Å². The van der Waals surface area contributed by atoms with Crippen LogP contribution in [-0.4, -0.2) is 46.7 Å². The van der Waals surface area contributed by atoms with Gasteiger partial charge in [-0.1, -0.05) is 25.5 Å². The first kappa shape index (κ1) is 20.4. The minimum Gasteiger partial charge on any atom is -0.380 e. The molecule has 24 heavy (non-hydrogen) atoms. The summed E-state index contributed by atoms with van der Waals surface area (Å²) in [6.07, 6.45) is 0.0246. The Bertz CT molecular complexity index is 522. The first-order valence-corrected chi connectivity index (χ1v) is 8.62. The van der Waals surface area contributed by atoms with Crippen molar-refractivity contribution in [1.82, 2.24) is 5.32 Å². The van der Waals surface area contributed by atoms with E-state index in [4.69, 9.17) is 11.6 Å². The summed E-state index contributed by atoms with van der Waals surface area (Å²) < 4.78 is 0. The summed E-state index contributed by atoms with van der Waals surface area (Å²) in [7, 11) is 0. The van der Waals surface area contributed by atoms with Gasteiger partial charge in [0.2, 0.25) is 0 Å². The van der Waals surface area contributed by atoms with Crippen LogP contribution in [-0.2, 0) is 16.0 Å². The average Bonchev–Trinajstić information content (AvgIpc) is 2.59. The summed E-state index contributed by atoms with van der Waals surface area (Å²) in [6.45, 7) is 2.39. The van der Waals surface area contributed by atoms with Crippen LogP contribution < -0.4 is 10.6 Å². The van der Waals surface area contributed by atoms with Gasteiger partial charge in [0, 0.05) is 18.1 Å². The number of unbranched alkanes of at least 4 members (excludes halogenated alkanes) is 1. The van der Waals surface area contributed by atoms with Gasteiger partial charge in [0.25, 0.3) is 11.8 Å². The zero-order valence-electron chi connectivity index (χ0n) is 13.8. The fourth-order valence-corrected chi connectivity index (χ4v) is 2.16. The van der Waals surface area contributed by atoms with E-state index in [2.05, 4.69) is 17.6 Å². The Morgan fingerprint density at radius 1 is 1.08 bits per heavy atom. The van der Waals surface area contributed by atoms with Gasteiger partial charge in [-0.05, 0) is 37.0 Å². The number of rotatable bonds is 10. The Hall–Kier alpha value is -1.63. The van der Waals surface area contributed by atoms with Crippen molar-refractivity contribution in [2.45, 2.75) is 44.8 Å². The minimum atomic E-state index is -1.85. The number of nitrogens with one attached hydrogen (secondary N) is 2. The number of aryl methyl sites for hydroxylation is 1. The van der Waals surface area contributed by atoms with Gasteiger partial charge >= 0.3 is 0 Å². The predicted molar refractivity (Wildman–Crippen MR) is 94.0 cm³/mol. The fraction of sp³-hybridized carbons (Fsp3) is 0.529. The second kappa shape index (κ2) is 11.0. The third-order valence-electron chi connectivity index (χ3n) is 3.49. The molecule has 1 aromatic carbocycles. The minimum absolute atomic E-state index is 0.271. The maximum absolute atomic E-state index is 11.9. The molecule has 0 spiro atoms. The van der Waals surface area contributed by atoms with E-state index in [1.807, 2.05) is 12.1 Å². The molecule has 2 amide bonds. The molecule has 0 bridgehead atoms. The van der Waals surface area contributed by atoms with Gasteiger partial charge in [-0.2, -0.15) is 0 Å². The van der Waals surface area contributed by atoms with Crippen LogP contribution in [0.1, 0.15) is 31.7 Å². The molecule has 134 valence electrons. The summed E-state index contributed by atoms with van der Waals surface area (Å²) in [4.78, 5) is 23.5. The van der Waals surface area contributed by atoms with Gasteiger partial charge < -0.3 is 20.8 Å². The molecule has 0 aliphatic heterocycles. The normalized spacial score (nSPS) is 13.2. The summed E-state index contributed by atoms with van der Waals surface area (Å²) >= 11 is 5.48. The molecule has 1 rings (SSSR count). The van der Waals surface area contributed by atoms with Crippen LogP contribution in [0.2, 0.25) is 0 Å². The molecular weight excluding hydrogens is 332 g/mol. The van der Waals surface area contributed by atoms with Crippen LogP contribution in [0.4, 0.5) is 5.69 Å². The molecule has 0 saturated carbocycles. The number of hydrogen-bond acceptors (Lipinski definition) is 4. The summed E-state index contributed by atoms with van der Waals surface area (Å²) in [6, 6.07) is 7.24. The summed E-state index contributed by atoms with van der Waals surface area (Å²) in [5, 5.41) is 24.4. The van der Waals surface area contributed by atoms with Crippen LogP contribution in [0, 0.1) is 0 Å². The molecule has 0 aromatic heterocycles. The Labute approximate surface area is 147 Å². The Morgan fingerprint density at radius 3 is 2.29 bits per heavy atom. The van der Waals surface area contributed by atoms with E-state index in [1.165, 1.54) is 0 Å². The van der Waals surface area contributed by atoms with Crippen molar-refractivity contribution in [1.29, 1.82) is 0 Å². The lowest BCUT2D eigenvalue weighted by Crippen LogP contribution is -2.47. The highest BCUT2D eigenvalue weighted by atomic mass is 35.5. The molecule has 1 aromatic rings. The molecule has 0 aliphatic carbocycles. The van der Waals surface area contributed by atoms with Gasteiger partial charge in [0.15, 0.2) is 12.2 Å². The van der Waals surface area contributed by atoms with Crippen molar-refractivity contribution in [2.24, 2.45) is 0 Å². The third kappa shape index (κ3) is 6.86. The van der Waals surface area contributed by atoms with E-state index < -0.39 is 24.0 Å². The number of alkyl halides is 1. The SMILES string of the molecule is CCCCc1ccc(NC(=O)[C@H](O)[C@@H](O)C(=O)NCCCCl)cc1. The standard InChI is InChI=1S/C17H25ClN2O4/c1-2-3-5-12-6-8-13(9-7-12)20-17(24)15(22)14(21)16(23)19-11-4-10-18/h6-9,14-15,21-22H,2-5,10-11H2,1H3,(H,19,23)(H,20,24)/t14-,15-/m1/s1. The zero-order chi connectivity index (χ0) is 17.9. The monoisotopic (exact) mass is 356 g/mol. The Morgan fingerprint density at radius 2 is 1.71 bits per heavy atom. The van der Waals surface area contributed by atoms with Crippen LogP contribution in [0.25, 0.3) is 0 Å². The fourth-order valence-electron chi connectivity index (χ4n) is 2.02. The van der Waals surface area contributed by atoms with E-state index in [1.54, 1.807) is 12.1 Å². The molecule has 0 aliphatic rings. The third-order valence-corrected chi connectivity index (χ3v) is 3.75.